The summed E-state index contributed by atoms with van der Waals surface area (Å²) in [4.78, 5) is 56.6. The van der Waals surface area contributed by atoms with Crippen LogP contribution in [-0.2, 0) is 14.3 Å². The standard InChI is InChI=1S/C28H20ClNO6/c1-14-7-10-16(11-8-14)30-26(33)21-22(27(30)34)28(24(31)17-5-3-4-6-18(17)25(28)32)36-23(21)19-13-15(29)9-12-20(19)35-2/h3-13,21-23H,1-2H3. The van der Waals surface area contributed by atoms with E-state index >= 15 is 0 Å². The number of fused-ring (bicyclic) bond motifs is 3. The normalized spacial score (nSPS) is 24.0. The van der Waals surface area contributed by atoms with E-state index < -0.39 is 46.9 Å². The molecule has 0 radical (unpaired) electrons. The molecule has 3 unspecified atom stereocenters. The molecule has 3 aliphatic rings. The number of aryl methyl sites for hydroxylation is 1. The zero-order valence-corrected chi connectivity index (χ0v) is 20.1. The van der Waals surface area contributed by atoms with Crippen molar-refractivity contribution in [1.29, 1.82) is 0 Å². The van der Waals surface area contributed by atoms with Crippen LogP contribution in [0.15, 0.2) is 66.7 Å². The van der Waals surface area contributed by atoms with Gasteiger partial charge in [0.15, 0.2) is 0 Å². The average molecular weight is 502 g/mol. The summed E-state index contributed by atoms with van der Waals surface area (Å²) in [5.74, 6) is -4.53. The third-order valence-electron chi connectivity index (χ3n) is 7.31. The number of ketones is 2. The molecule has 36 heavy (non-hydrogen) atoms. The first-order chi connectivity index (χ1) is 17.3. The summed E-state index contributed by atoms with van der Waals surface area (Å²) >= 11 is 6.27. The van der Waals surface area contributed by atoms with Gasteiger partial charge < -0.3 is 9.47 Å². The van der Waals surface area contributed by atoms with Gasteiger partial charge in [0.05, 0.1) is 24.6 Å². The zero-order valence-electron chi connectivity index (χ0n) is 19.4. The summed E-state index contributed by atoms with van der Waals surface area (Å²) in [6.07, 6.45) is -1.11. The lowest BCUT2D eigenvalue weighted by Gasteiger charge is -2.27. The van der Waals surface area contributed by atoms with Crippen LogP contribution < -0.4 is 9.64 Å². The number of imide groups is 1. The van der Waals surface area contributed by atoms with Crippen molar-refractivity contribution < 1.29 is 28.7 Å². The minimum Gasteiger partial charge on any atom is -0.496 e. The van der Waals surface area contributed by atoms with Gasteiger partial charge in [-0.15, -0.1) is 0 Å². The number of anilines is 1. The molecule has 2 aliphatic heterocycles. The van der Waals surface area contributed by atoms with E-state index in [1.807, 2.05) is 6.92 Å². The topological polar surface area (TPSA) is 90.0 Å². The Morgan fingerprint density at radius 3 is 2.14 bits per heavy atom. The number of nitrogens with zero attached hydrogens (tertiary/aromatic N) is 1. The zero-order chi connectivity index (χ0) is 25.4. The molecule has 180 valence electrons. The van der Waals surface area contributed by atoms with Crippen LogP contribution in [0, 0.1) is 18.8 Å². The number of methoxy groups -OCH3 is 1. The summed E-state index contributed by atoms with van der Waals surface area (Å²) in [6.45, 7) is 1.89. The number of carbonyl (C=O) groups excluding carboxylic acids is 4. The number of carbonyl (C=O) groups is 4. The van der Waals surface area contributed by atoms with E-state index in [1.54, 1.807) is 54.6 Å². The maximum absolute atomic E-state index is 13.9. The first kappa shape index (κ1) is 22.6. The van der Waals surface area contributed by atoms with E-state index in [2.05, 4.69) is 0 Å². The summed E-state index contributed by atoms with van der Waals surface area (Å²) in [5, 5.41) is 0.353. The van der Waals surface area contributed by atoms with Crippen LogP contribution in [0.4, 0.5) is 5.69 Å². The number of Topliss-reactive ketones (excluding diaryl/α,β-unsaturated/α-hetero) is 2. The molecule has 2 fully saturated rings. The molecule has 1 aliphatic carbocycles. The highest BCUT2D eigenvalue weighted by molar-refractivity contribution is 6.37. The van der Waals surface area contributed by atoms with E-state index in [4.69, 9.17) is 21.1 Å². The third kappa shape index (κ3) is 2.84. The molecule has 2 amide bonds. The number of benzene rings is 3. The fourth-order valence-electron chi connectivity index (χ4n) is 5.68. The lowest BCUT2D eigenvalue weighted by Crippen LogP contribution is -2.51. The number of hydrogen-bond donors (Lipinski definition) is 0. The van der Waals surface area contributed by atoms with Crippen molar-refractivity contribution in [1.82, 2.24) is 0 Å². The van der Waals surface area contributed by atoms with Crippen molar-refractivity contribution in [2.45, 2.75) is 18.6 Å². The molecule has 2 heterocycles. The van der Waals surface area contributed by atoms with Crippen LogP contribution in [0.25, 0.3) is 0 Å². The van der Waals surface area contributed by atoms with Gasteiger partial charge in [-0.25, -0.2) is 4.90 Å². The Hall–Kier alpha value is -3.81. The summed E-state index contributed by atoms with van der Waals surface area (Å²) in [5.41, 5.74) is -0.0925. The van der Waals surface area contributed by atoms with Gasteiger partial charge in [-0.2, -0.15) is 0 Å². The molecule has 3 aromatic rings. The van der Waals surface area contributed by atoms with Crippen molar-refractivity contribution in [3.63, 3.8) is 0 Å². The van der Waals surface area contributed by atoms with Gasteiger partial charge >= 0.3 is 0 Å². The Morgan fingerprint density at radius 1 is 0.889 bits per heavy atom. The van der Waals surface area contributed by atoms with Gasteiger partial charge in [0, 0.05) is 21.7 Å². The first-order valence-electron chi connectivity index (χ1n) is 11.4. The Kier molecular flexibility index (Phi) is 4.94. The monoisotopic (exact) mass is 501 g/mol. The SMILES string of the molecule is COc1ccc(Cl)cc1C1OC2(C(=O)c3ccccc3C2=O)C2C(=O)N(c3ccc(C)cc3)C(=O)C12. The van der Waals surface area contributed by atoms with Crippen LogP contribution in [0.1, 0.15) is 37.9 Å². The molecule has 0 N–H and O–H groups in total. The predicted molar refractivity (Wildman–Crippen MR) is 130 cm³/mol. The second-order valence-electron chi connectivity index (χ2n) is 9.22. The van der Waals surface area contributed by atoms with Crippen molar-refractivity contribution in [3.8, 4) is 5.75 Å². The lowest BCUT2D eigenvalue weighted by atomic mass is 9.77. The van der Waals surface area contributed by atoms with Gasteiger partial charge in [-0.05, 0) is 37.3 Å². The minimum absolute atomic E-state index is 0.175. The molecule has 8 heteroatoms. The highest BCUT2D eigenvalue weighted by atomic mass is 35.5. The highest BCUT2D eigenvalue weighted by Gasteiger charge is 2.75. The van der Waals surface area contributed by atoms with Crippen molar-refractivity contribution >= 4 is 40.7 Å². The Morgan fingerprint density at radius 2 is 1.53 bits per heavy atom. The highest BCUT2D eigenvalue weighted by Crippen LogP contribution is 2.58. The smallest absolute Gasteiger partial charge is 0.241 e. The molecule has 0 bridgehead atoms. The second-order valence-corrected chi connectivity index (χ2v) is 9.65. The van der Waals surface area contributed by atoms with Crippen molar-refractivity contribution in [2.75, 3.05) is 12.0 Å². The maximum Gasteiger partial charge on any atom is 0.241 e. The predicted octanol–water partition coefficient (Wildman–Crippen LogP) is 4.35. The van der Waals surface area contributed by atoms with Crippen LogP contribution in [-0.4, -0.2) is 36.1 Å². The molecule has 6 rings (SSSR count). The molecule has 0 aromatic heterocycles. The minimum atomic E-state index is -2.15. The average Bonchev–Trinajstić information content (AvgIpc) is 3.45. The largest absolute Gasteiger partial charge is 0.496 e. The summed E-state index contributed by atoms with van der Waals surface area (Å²) < 4.78 is 11.8. The first-order valence-corrected chi connectivity index (χ1v) is 11.8. The van der Waals surface area contributed by atoms with Crippen LogP contribution in [0.5, 0.6) is 5.75 Å². The van der Waals surface area contributed by atoms with Crippen LogP contribution >= 0.6 is 11.6 Å². The Bertz CT molecular complexity index is 1440. The van der Waals surface area contributed by atoms with E-state index in [0.29, 0.717) is 22.0 Å². The summed E-state index contributed by atoms with van der Waals surface area (Å²) in [7, 11) is 1.46. The Balaban J connectivity index is 1.57. The molecular formula is C28H20ClNO6. The quantitative estimate of drug-likeness (QED) is 0.391. The fourth-order valence-corrected chi connectivity index (χ4v) is 5.86. The lowest BCUT2D eigenvalue weighted by molar-refractivity contribution is -0.127. The van der Waals surface area contributed by atoms with Gasteiger partial charge in [-0.1, -0.05) is 53.6 Å². The number of hydrogen-bond acceptors (Lipinski definition) is 6. The molecule has 7 nitrogen and oxygen atoms in total. The number of halogens is 1. The molecule has 2 saturated heterocycles. The van der Waals surface area contributed by atoms with Crippen molar-refractivity contribution in [3.05, 3.63) is 94.0 Å². The molecule has 0 saturated carbocycles. The number of amides is 2. The van der Waals surface area contributed by atoms with Gasteiger partial charge in [0.2, 0.25) is 29.0 Å². The Labute approximate surface area is 211 Å². The maximum atomic E-state index is 13.9. The second kappa shape index (κ2) is 7.85. The molecule has 1 spiro atoms. The van der Waals surface area contributed by atoms with Gasteiger partial charge in [0.1, 0.15) is 11.9 Å². The van der Waals surface area contributed by atoms with Crippen LogP contribution in [0.3, 0.4) is 0 Å². The summed E-state index contributed by atoms with van der Waals surface area (Å²) in [6, 6.07) is 18.1. The van der Waals surface area contributed by atoms with E-state index in [1.165, 1.54) is 19.2 Å². The van der Waals surface area contributed by atoms with E-state index in [0.717, 1.165) is 10.5 Å². The van der Waals surface area contributed by atoms with Crippen molar-refractivity contribution in [2.24, 2.45) is 11.8 Å². The fraction of sp³-hybridized carbons (Fsp3) is 0.214. The number of rotatable bonds is 3. The van der Waals surface area contributed by atoms with Crippen LogP contribution in [0.2, 0.25) is 5.02 Å². The third-order valence-corrected chi connectivity index (χ3v) is 7.54. The molecule has 3 aromatic carbocycles. The number of ether oxygens (including phenoxy) is 2. The molecular weight excluding hydrogens is 482 g/mol. The van der Waals surface area contributed by atoms with Gasteiger partial charge in [0.25, 0.3) is 0 Å². The van der Waals surface area contributed by atoms with E-state index in [9.17, 15) is 19.2 Å². The molecule has 3 atom stereocenters. The van der Waals surface area contributed by atoms with Gasteiger partial charge in [-0.3, -0.25) is 19.2 Å². The van der Waals surface area contributed by atoms with E-state index in [-0.39, 0.29) is 11.1 Å².